The number of rotatable bonds is 1. The van der Waals surface area contributed by atoms with Crippen LogP contribution in [0.15, 0.2) is 18.3 Å². The van der Waals surface area contributed by atoms with Crippen LogP contribution in [0.2, 0.25) is 0 Å². The van der Waals surface area contributed by atoms with Gasteiger partial charge in [-0.05, 0) is 12.1 Å². The summed E-state index contributed by atoms with van der Waals surface area (Å²) >= 11 is 0. The SMILES string of the molecule is Nc1cccnc1C(=O)O.[H-].[Na+]. The first-order valence-corrected chi connectivity index (χ1v) is 2.65. The molecular formula is C6H7N2NaO2. The van der Waals surface area contributed by atoms with Gasteiger partial charge in [0.1, 0.15) is 0 Å². The van der Waals surface area contributed by atoms with Crippen molar-refractivity contribution < 1.29 is 40.9 Å². The molecule has 0 radical (unpaired) electrons. The number of nitrogens with two attached hydrogens (primary N) is 1. The summed E-state index contributed by atoms with van der Waals surface area (Å²) in [4.78, 5) is 13.8. The van der Waals surface area contributed by atoms with Crippen LogP contribution >= 0.6 is 0 Å². The van der Waals surface area contributed by atoms with Gasteiger partial charge in [-0.2, -0.15) is 0 Å². The van der Waals surface area contributed by atoms with E-state index < -0.39 is 5.97 Å². The summed E-state index contributed by atoms with van der Waals surface area (Å²) in [6, 6.07) is 3.08. The molecule has 1 aromatic rings. The molecule has 0 aliphatic heterocycles. The van der Waals surface area contributed by atoms with Crippen molar-refractivity contribution in [3.8, 4) is 0 Å². The number of pyridine rings is 1. The van der Waals surface area contributed by atoms with Crippen molar-refractivity contribution in [1.82, 2.24) is 4.98 Å². The number of carboxylic acid groups (broad SMARTS) is 1. The monoisotopic (exact) mass is 162 g/mol. The fourth-order valence-electron chi connectivity index (χ4n) is 0.596. The fourth-order valence-corrected chi connectivity index (χ4v) is 0.596. The summed E-state index contributed by atoms with van der Waals surface area (Å²) in [5.41, 5.74) is 5.37. The van der Waals surface area contributed by atoms with Gasteiger partial charge in [0.05, 0.1) is 5.69 Å². The molecule has 1 rings (SSSR count). The van der Waals surface area contributed by atoms with Gasteiger partial charge in [-0.1, -0.05) is 0 Å². The Kier molecular flexibility index (Phi) is 4.10. The predicted molar refractivity (Wildman–Crippen MR) is 36.7 cm³/mol. The van der Waals surface area contributed by atoms with Crippen molar-refractivity contribution >= 4 is 11.7 Å². The third-order valence-electron chi connectivity index (χ3n) is 1.04. The molecule has 0 aliphatic rings. The molecule has 0 aromatic carbocycles. The van der Waals surface area contributed by atoms with E-state index >= 15 is 0 Å². The smallest absolute Gasteiger partial charge is 1.00 e. The van der Waals surface area contributed by atoms with Crippen LogP contribution in [0, 0.1) is 0 Å². The summed E-state index contributed by atoms with van der Waals surface area (Å²) in [6.45, 7) is 0. The normalized spacial score (nSPS) is 8.36. The second kappa shape index (κ2) is 4.33. The van der Waals surface area contributed by atoms with E-state index in [4.69, 9.17) is 10.8 Å². The molecule has 0 unspecified atom stereocenters. The van der Waals surface area contributed by atoms with E-state index in [2.05, 4.69) is 4.98 Å². The zero-order valence-electron chi connectivity index (χ0n) is 7.11. The molecule has 0 saturated heterocycles. The van der Waals surface area contributed by atoms with Gasteiger partial charge in [0.15, 0.2) is 5.69 Å². The Balaban J connectivity index is 0. The quantitative estimate of drug-likeness (QED) is 0.447. The van der Waals surface area contributed by atoms with Crippen LogP contribution in [0.1, 0.15) is 11.9 Å². The van der Waals surface area contributed by atoms with E-state index in [-0.39, 0.29) is 42.4 Å². The Morgan fingerprint density at radius 3 is 2.73 bits per heavy atom. The van der Waals surface area contributed by atoms with E-state index in [1.807, 2.05) is 0 Å². The first kappa shape index (κ1) is 10.4. The number of carbonyl (C=O) groups is 1. The second-order valence-electron chi connectivity index (χ2n) is 1.75. The van der Waals surface area contributed by atoms with Crippen molar-refractivity contribution in [2.24, 2.45) is 0 Å². The summed E-state index contributed by atoms with van der Waals surface area (Å²) in [5, 5.41) is 8.42. The minimum atomic E-state index is -1.10. The maximum Gasteiger partial charge on any atom is 1.00 e. The van der Waals surface area contributed by atoms with Crippen LogP contribution in [-0.4, -0.2) is 16.1 Å². The average Bonchev–Trinajstić information content (AvgIpc) is 1.88. The first-order chi connectivity index (χ1) is 4.72. The molecule has 1 aromatic heterocycles. The van der Waals surface area contributed by atoms with Crippen molar-refractivity contribution in [3.05, 3.63) is 24.0 Å². The Hall–Kier alpha value is -0.580. The molecule has 0 spiro atoms. The average molecular weight is 162 g/mol. The molecule has 0 atom stereocenters. The molecule has 5 heteroatoms. The van der Waals surface area contributed by atoms with Gasteiger partial charge in [0.2, 0.25) is 0 Å². The third-order valence-corrected chi connectivity index (χ3v) is 1.04. The van der Waals surface area contributed by atoms with Gasteiger partial charge in [-0.15, -0.1) is 0 Å². The van der Waals surface area contributed by atoms with Crippen LogP contribution in [0.25, 0.3) is 0 Å². The maximum absolute atomic E-state index is 10.3. The van der Waals surface area contributed by atoms with E-state index in [9.17, 15) is 4.79 Å². The van der Waals surface area contributed by atoms with E-state index in [0.29, 0.717) is 0 Å². The van der Waals surface area contributed by atoms with Crippen LogP contribution < -0.4 is 35.3 Å². The van der Waals surface area contributed by atoms with Crippen molar-refractivity contribution in [3.63, 3.8) is 0 Å². The molecule has 4 nitrogen and oxygen atoms in total. The molecule has 0 bridgehead atoms. The number of hydrogen-bond donors (Lipinski definition) is 2. The minimum absolute atomic E-state index is 0. The zero-order valence-corrected chi connectivity index (χ0v) is 8.11. The Morgan fingerprint density at radius 1 is 1.73 bits per heavy atom. The molecular weight excluding hydrogens is 155 g/mol. The minimum Gasteiger partial charge on any atom is -1.00 e. The predicted octanol–water partition coefficient (Wildman–Crippen LogP) is -2.52. The number of nitrogens with zero attached hydrogens (tertiary/aromatic N) is 1. The van der Waals surface area contributed by atoms with Gasteiger partial charge in [0, 0.05) is 6.20 Å². The van der Waals surface area contributed by atoms with Crippen LogP contribution in [0.3, 0.4) is 0 Å². The van der Waals surface area contributed by atoms with Gasteiger partial charge in [0.25, 0.3) is 0 Å². The summed E-state index contributed by atoms with van der Waals surface area (Å²) in [7, 11) is 0. The Labute approximate surface area is 87.2 Å². The van der Waals surface area contributed by atoms with Crippen LogP contribution in [0.5, 0.6) is 0 Å². The molecule has 1 heterocycles. The van der Waals surface area contributed by atoms with E-state index in [0.717, 1.165) is 0 Å². The molecule has 11 heavy (non-hydrogen) atoms. The van der Waals surface area contributed by atoms with Gasteiger partial charge >= 0.3 is 35.5 Å². The molecule has 0 aliphatic carbocycles. The molecule has 3 N–H and O–H groups in total. The number of aromatic carboxylic acids is 1. The summed E-state index contributed by atoms with van der Waals surface area (Å²) in [5.74, 6) is -1.10. The van der Waals surface area contributed by atoms with E-state index in [1.54, 1.807) is 6.07 Å². The first-order valence-electron chi connectivity index (χ1n) is 2.65. The van der Waals surface area contributed by atoms with Crippen molar-refractivity contribution in [2.75, 3.05) is 5.73 Å². The summed E-state index contributed by atoms with van der Waals surface area (Å²) < 4.78 is 0. The third kappa shape index (κ3) is 2.49. The maximum atomic E-state index is 10.3. The van der Waals surface area contributed by atoms with Gasteiger partial charge in [-0.3, -0.25) is 0 Å². The number of anilines is 1. The molecule has 0 amide bonds. The summed E-state index contributed by atoms with van der Waals surface area (Å²) in [6.07, 6.45) is 1.39. The van der Waals surface area contributed by atoms with E-state index in [1.165, 1.54) is 12.3 Å². The molecule has 0 saturated carbocycles. The largest absolute Gasteiger partial charge is 1.00 e. The topological polar surface area (TPSA) is 76.2 Å². The standard InChI is InChI=1S/C6H6N2O2.Na.H/c7-4-2-1-3-8-5(4)6(9)10;;/h1-3H,7H2,(H,9,10);;/q;+1;-1. The Morgan fingerprint density at radius 2 is 2.36 bits per heavy atom. The second-order valence-corrected chi connectivity index (χ2v) is 1.75. The van der Waals surface area contributed by atoms with Crippen LogP contribution in [-0.2, 0) is 0 Å². The van der Waals surface area contributed by atoms with Crippen molar-refractivity contribution in [1.29, 1.82) is 0 Å². The number of hydrogen-bond acceptors (Lipinski definition) is 3. The number of carboxylic acids is 1. The fraction of sp³-hybridized carbons (Fsp3) is 0. The Bertz CT molecular complexity index is 269. The molecule has 54 valence electrons. The van der Waals surface area contributed by atoms with Gasteiger partial charge < -0.3 is 12.3 Å². The number of aromatic nitrogens is 1. The molecule has 0 fully saturated rings. The zero-order chi connectivity index (χ0) is 7.56. The van der Waals surface area contributed by atoms with Crippen molar-refractivity contribution in [2.45, 2.75) is 0 Å². The van der Waals surface area contributed by atoms with Crippen LogP contribution in [0.4, 0.5) is 5.69 Å². The number of nitrogen functional groups attached to an aromatic ring is 1. The van der Waals surface area contributed by atoms with Gasteiger partial charge in [-0.25, -0.2) is 9.78 Å².